The Morgan fingerprint density at radius 1 is 0.239 bits per heavy atom. The predicted molar refractivity (Wildman–Crippen MR) is 205 cm³/mol. The summed E-state index contributed by atoms with van der Waals surface area (Å²) in [5.41, 5.74) is 0. The van der Waals surface area contributed by atoms with Crippen molar-refractivity contribution >= 4 is 0 Å². The zero-order chi connectivity index (χ0) is 33.6. The summed E-state index contributed by atoms with van der Waals surface area (Å²) in [6, 6.07) is 0. The van der Waals surface area contributed by atoms with E-state index in [2.05, 4.69) is 13.8 Å². The smallest absolute Gasteiger partial charge is 0.106 e. The first-order chi connectivity index (χ1) is 22.6. The minimum absolute atomic E-state index is 0.607. The second kappa shape index (κ2) is 39.3. The normalized spacial score (nSPS) is 13.8. The van der Waals surface area contributed by atoms with Crippen LogP contribution >= 0.6 is 0 Å². The largest absolute Gasteiger partial charge is 0.390 e. The Bertz CT molecular complexity index is 492. The van der Waals surface area contributed by atoms with Gasteiger partial charge in [-0.3, -0.25) is 0 Å². The number of hydrogen-bond donors (Lipinski definition) is 3. The van der Waals surface area contributed by atoms with Gasteiger partial charge in [0.2, 0.25) is 0 Å². The maximum atomic E-state index is 10.4. The molecule has 0 heterocycles. The Morgan fingerprint density at radius 2 is 0.391 bits per heavy atom. The molecule has 0 aliphatic heterocycles. The van der Waals surface area contributed by atoms with Crippen LogP contribution in [0.3, 0.4) is 0 Å². The van der Waals surface area contributed by atoms with E-state index in [4.69, 9.17) is 0 Å². The van der Waals surface area contributed by atoms with Gasteiger partial charge >= 0.3 is 0 Å². The molecule has 0 spiro atoms. The van der Waals surface area contributed by atoms with Gasteiger partial charge < -0.3 is 15.3 Å². The van der Waals surface area contributed by atoms with E-state index in [0.717, 1.165) is 25.7 Å². The monoisotopic (exact) mass is 653 g/mol. The van der Waals surface area contributed by atoms with Crippen LogP contribution in [0.25, 0.3) is 0 Å². The van der Waals surface area contributed by atoms with Crippen LogP contribution in [-0.2, 0) is 0 Å². The van der Waals surface area contributed by atoms with Gasteiger partial charge in [0.15, 0.2) is 0 Å². The highest BCUT2D eigenvalue weighted by molar-refractivity contribution is 4.75. The summed E-state index contributed by atoms with van der Waals surface area (Å²) in [6.07, 6.45) is 47.3. The lowest BCUT2D eigenvalue weighted by Gasteiger charge is -2.23. The SMILES string of the molecule is CCCCCCCCCCCCCCCCCCCCC(O)C(O)C(O)CCCCCCCCCCCCCCCCCCCC. The fraction of sp³-hybridized carbons (Fsp3) is 1.00. The Balaban J connectivity index is 3.36. The van der Waals surface area contributed by atoms with Crippen LogP contribution < -0.4 is 0 Å². The van der Waals surface area contributed by atoms with Crippen LogP contribution in [0.1, 0.15) is 258 Å². The third kappa shape index (κ3) is 35.2. The molecule has 278 valence electrons. The molecule has 3 N–H and O–H groups in total. The van der Waals surface area contributed by atoms with E-state index in [9.17, 15) is 15.3 Å². The molecule has 0 aromatic carbocycles. The van der Waals surface area contributed by atoms with Crippen molar-refractivity contribution in [1.29, 1.82) is 0 Å². The highest BCUT2D eigenvalue weighted by Gasteiger charge is 2.23. The molecule has 2 atom stereocenters. The molecule has 2 unspecified atom stereocenters. The van der Waals surface area contributed by atoms with Crippen LogP contribution in [0, 0.1) is 0 Å². The summed E-state index contributed by atoms with van der Waals surface area (Å²) in [6.45, 7) is 4.58. The van der Waals surface area contributed by atoms with Crippen LogP contribution in [0.15, 0.2) is 0 Å². The molecule has 0 aromatic heterocycles. The van der Waals surface area contributed by atoms with Crippen LogP contribution in [0.2, 0.25) is 0 Å². The van der Waals surface area contributed by atoms with Crippen molar-refractivity contribution < 1.29 is 15.3 Å². The van der Waals surface area contributed by atoms with E-state index in [1.807, 2.05) is 0 Å². The van der Waals surface area contributed by atoms with E-state index < -0.39 is 18.3 Å². The van der Waals surface area contributed by atoms with Gasteiger partial charge in [-0.05, 0) is 12.8 Å². The van der Waals surface area contributed by atoms with E-state index in [1.165, 1.54) is 205 Å². The van der Waals surface area contributed by atoms with Gasteiger partial charge in [-0.2, -0.15) is 0 Å². The van der Waals surface area contributed by atoms with E-state index in [0.29, 0.717) is 12.8 Å². The van der Waals surface area contributed by atoms with Gasteiger partial charge in [0.25, 0.3) is 0 Å². The molecule has 0 rings (SSSR count). The fourth-order valence-corrected chi connectivity index (χ4v) is 7.11. The first-order valence-electron chi connectivity index (χ1n) is 21.7. The van der Waals surface area contributed by atoms with Gasteiger partial charge in [0.05, 0.1) is 12.2 Å². The Hall–Kier alpha value is -0.120. The third-order valence-corrected chi connectivity index (χ3v) is 10.5. The maximum Gasteiger partial charge on any atom is 0.106 e. The van der Waals surface area contributed by atoms with Crippen LogP contribution in [0.5, 0.6) is 0 Å². The maximum absolute atomic E-state index is 10.4. The van der Waals surface area contributed by atoms with E-state index >= 15 is 0 Å². The molecule has 0 saturated heterocycles. The molecule has 46 heavy (non-hydrogen) atoms. The lowest BCUT2D eigenvalue weighted by molar-refractivity contribution is -0.0653. The van der Waals surface area contributed by atoms with Crippen LogP contribution in [0.4, 0.5) is 0 Å². The topological polar surface area (TPSA) is 60.7 Å². The summed E-state index contributed by atoms with van der Waals surface area (Å²) >= 11 is 0. The average molecular weight is 653 g/mol. The van der Waals surface area contributed by atoms with Gasteiger partial charge in [-0.15, -0.1) is 0 Å². The summed E-state index contributed by atoms with van der Waals surface area (Å²) in [5.74, 6) is 0. The Kier molecular flexibility index (Phi) is 39.2. The van der Waals surface area contributed by atoms with Crippen molar-refractivity contribution in [3.8, 4) is 0 Å². The zero-order valence-corrected chi connectivity index (χ0v) is 31.9. The first kappa shape index (κ1) is 45.9. The standard InChI is InChI=1S/C43H88O3/c1-3-5-7-9-11-13-15-17-19-21-23-25-27-29-31-33-35-37-39-41(44)43(46)42(45)40-38-36-34-32-30-28-26-24-22-20-18-16-14-12-10-8-6-4-2/h41-46H,3-40H2,1-2H3. The number of unbranched alkanes of at least 4 members (excludes halogenated alkanes) is 34. The minimum atomic E-state index is -0.989. The van der Waals surface area contributed by atoms with Gasteiger partial charge in [0.1, 0.15) is 6.10 Å². The lowest BCUT2D eigenvalue weighted by atomic mass is 9.97. The van der Waals surface area contributed by atoms with E-state index in [1.54, 1.807) is 0 Å². The minimum Gasteiger partial charge on any atom is -0.390 e. The molecule has 0 saturated carbocycles. The first-order valence-corrected chi connectivity index (χ1v) is 21.7. The number of aliphatic hydroxyl groups excluding tert-OH is 3. The molecule has 0 bridgehead atoms. The Morgan fingerprint density at radius 3 is 0.565 bits per heavy atom. The second-order valence-corrected chi connectivity index (χ2v) is 15.2. The second-order valence-electron chi connectivity index (χ2n) is 15.2. The average Bonchev–Trinajstić information content (AvgIpc) is 3.06. The van der Waals surface area contributed by atoms with Crippen molar-refractivity contribution in [3.05, 3.63) is 0 Å². The molecule has 0 aliphatic rings. The molecule has 0 aliphatic carbocycles. The van der Waals surface area contributed by atoms with Gasteiger partial charge in [-0.1, -0.05) is 245 Å². The highest BCUT2D eigenvalue weighted by atomic mass is 16.4. The number of hydrogen-bond acceptors (Lipinski definition) is 3. The van der Waals surface area contributed by atoms with Crippen molar-refractivity contribution in [2.24, 2.45) is 0 Å². The van der Waals surface area contributed by atoms with Gasteiger partial charge in [-0.25, -0.2) is 0 Å². The highest BCUT2D eigenvalue weighted by Crippen LogP contribution is 2.18. The van der Waals surface area contributed by atoms with Crippen molar-refractivity contribution in [3.63, 3.8) is 0 Å². The number of rotatable bonds is 40. The quantitative estimate of drug-likeness (QED) is 0.0577. The molecule has 0 fully saturated rings. The van der Waals surface area contributed by atoms with E-state index in [-0.39, 0.29) is 0 Å². The van der Waals surface area contributed by atoms with Crippen LogP contribution in [-0.4, -0.2) is 33.6 Å². The van der Waals surface area contributed by atoms with Gasteiger partial charge in [0, 0.05) is 0 Å². The Labute approximate surface area is 290 Å². The fourth-order valence-electron chi connectivity index (χ4n) is 7.11. The molecular formula is C43H88O3. The summed E-state index contributed by atoms with van der Waals surface area (Å²) in [4.78, 5) is 0. The molecular weight excluding hydrogens is 564 g/mol. The third-order valence-electron chi connectivity index (χ3n) is 10.5. The summed E-state index contributed by atoms with van der Waals surface area (Å²) in [5, 5.41) is 31.1. The van der Waals surface area contributed by atoms with Crippen molar-refractivity contribution in [2.45, 2.75) is 276 Å². The molecule has 0 amide bonds. The zero-order valence-electron chi connectivity index (χ0n) is 31.9. The molecule has 3 nitrogen and oxygen atoms in total. The molecule has 0 radical (unpaired) electrons. The molecule has 0 aromatic rings. The van der Waals surface area contributed by atoms with Crippen molar-refractivity contribution in [2.75, 3.05) is 0 Å². The van der Waals surface area contributed by atoms with Crippen molar-refractivity contribution in [1.82, 2.24) is 0 Å². The lowest BCUT2D eigenvalue weighted by Crippen LogP contribution is -2.37. The summed E-state index contributed by atoms with van der Waals surface area (Å²) in [7, 11) is 0. The summed E-state index contributed by atoms with van der Waals surface area (Å²) < 4.78 is 0. The number of aliphatic hydroxyl groups is 3. The predicted octanol–water partition coefficient (Wildman–Crippen LogP) is 13.9. The molecule has 3 heteroatoms.